The van der Waals surface area contributed by atoms with Gasteiger partial charge in [-0.3, -0.25) is 14.9 Å². The molecule has 0 aliphatic carbocycles. The SMILES string of the molecule is CN(CCC(=O)O)c1ncc(Cl)cc1[N+](=O)[O-]. The highest BCUT2D eigenvalue weighted by Gasteiger charge is 2.19. The third-order valence-corrected chi connectivity index (χ3v) is 2.24. The van der Waals surface area contributed by atoms with Gasteiger partial charge in [0.1, 0.15) is 0 Å². The summed E-state index contributed by atoms with van der Waals surface area (Å²) in [4.78, 5) is 25.8. The van der Waals surface area contributed by atoms with Gasteiger partial charge in [-0.25, -0.2) is 4.98 Å². The molecule has 7 nitrogen and oxygen atoms in total. The van der Waals surface area contributed by atoms with E-state index in [0.717, 1.165) is 0 Å². The summed E-state index contributed by atoms with van der Waals surface area (Å²) in [6.07, 6.45) is 1.15. The van der Waals surface area contributed by atoms with Crippen molar-refractivity contribution in [3.63, 3.8) is 0 Å². The van der Waals surface area contributed by atoms with E-state index < -0.39 is 10.9 Å². The molecule has 1 rings (SSSR count). The van der Waals surface area contributed by atoms with Crippen LogP contribution in [-0.2, 0) is 4.79 Å². The average molecular weight is 260 g/mol. The van der Waals surface area contributed by atoms with Gasteiger partial charge in [-0.2, -0.15) is 0 Å². The smallest absolute Gasteiger partial charge is 0.313 e. The number of nitrogens with zero attached hydrogens (tertiary/aromatic N) is 3. The van der Waals surface area contributed by atoms with E-state index in [1.165, 1.54) is 24.2 Å². The van der Waals surface area contributed by atoms with Gasteiger partial charge in [0.15, 0.2) is 0 Å². The third kappa shape index (κ3) is 3.56. The van der Waals surface area contributed by atoms with Crippen LogP contribution in [0.25, 0.3) is 0 Å². The van der Waals surface area contributed by atoms with Gasteiger partial charge in [0.25, 0.3) is 0 Å². The van der Waals surface area contributed by atoms with Gasteiger partial charge in [-0.05, 0) is 0 Å². The highest BCUT2D eigenvalue weighted by Crippen LogP contribution is 2.27. The fraction of sp³-hybridized carbons (Fsp3) is 0.333. The van der Waals surface area contributed by atoms with Crippen molar-refractivity contribution in [1.29, 1.82) is 0 Å². The minimum absolute atomic E-state index is 0.0978. The van der Waals surface area contributed by atoms with Crippen molar-refractivity contribution in [2.45, 2.75) is 6.42 Å². The van der Waals surface area contributed by atoms with Gasteiger partial charge >= 0.3 is 11.7 Å². The molecule has 1 N–H and O–H groups in total. The van der Waals surface area contributed by atoms with E-state index in [-0.39, 0.29) is 29.5 Å². The molecule has 1 aromatic rings. The molecule has 0 saturated carbocycles. The molecule has 92 valence electrons. The van der Waals surface area contributed by atoms with Crippen LogP contribution in [0.5, 0.6) is 0 Å². The minimum atomic E-state index is -0.978. The van der Waals surface area contributed by atoms with Crippen LogP contribution in [0.4, 0.5) is 11.5 Å². The Hall–Kier alpha value is -1.89. The maximum atomic E-state index is 10.8. The second-order valence-electron chi connectivity index (χ2n) is 3.32. The number of aromatic nitrogens is 1. The van der Waals surface area contributed by atoms with Gasteiger partial charge in [0.05, 0.1) is 16.4 Å². The summed E-state index contributed by atoms with van der Waals surface area (Å²) in [6.45, 7) is 0.130. The number of anilines is 1. The van der Waals surface area contributed by atoms with E-state index in [2.05, 4.69) is 4.98 Å². The standard InChI is InChI=1S/C9H10ClN3O4/c1-12(3-2-8(14)15)9-7(13(16)17)4-6(10)5-11-9/h4-5H,2-3H2,1H3,(H,14,15). The molecule has 0 atom stereocenters. The topological polar surface area (TPSA) is 96.6 Å². The summed E-state index contributed by atoms with van der Waals surface area (Å²) in [5.41, 5.74) is -0.245. The molecule has 0 aromatic carbocycles. The van der Waals surface area contributed by atoms with Crippen molar-refractivity contribution in [3.8, 4) is 0 Å². The van der Waals surface area contributed by atoms with Crippen LogP contribution >= 0.6 is 11.6 Å². The predicted molar refractivity (Wildman–Crippen MR) is 61.4 cm³/mol. The molecular weight excluding hydrogens is 250 g/mol. The van der Waals surface area contributed by atoms with Crippen LogP contribution in [0.15, 0.2) is 12.3 Å². The number of hydrogen-bond acceptors (Lipinski definition) is 5. The van der Waals surface area contributed by atoms with Gasteiger partial charge in [0, 0.05) is 25.9 Å². The molecule has 0 spiro atoms. The number of pyridine rings is 1. The Balaban J connectivity index is 2.96. The Morgan fingerprint density at radius 1 is 1.71 bits per heavy atom. The number of halogens is 1. The maximum Gasteiger partial charge on any atom is 0.313 e. The van der Waals surface area contributed by atoms with Crippen molar-refractivity contribution in [2.75, 3.05) is 18.5 Å². The number of carboxylic acid groups (broad SMARTS) is 1. The molecule has 0 aliphatic heterocycles. The summed E-state index contributed by atoms with van der Waals surface area (Å²) in [7, 11) is 1.53. The minimum Gasteiger partial charge on any atom is -0.481 e. The number of nitro groups is 1. The lowest BCUT2D eigenvalue weighted by atomic mass is 10.3. The van der Waals surface area contributed by atoms with E-state index in [1.807, 2.05) is 0 Å². The van der Waals surface area contributed by atoms with Crippen molar-refractivity contribution >= 4 is 29.1 Å². The predicted octanol–water partition coefficient (Wildman–Crippen LogP) is 1.55. The average Bonchev–Trinajstić information content (AvgIpc) is 2.25. The number of carboxylic acids is 1. The zero-order valence-electron chi connectivity index (χ0n) is 8.96. The molecule has 0 fully saturated rings. The zero-order valence-corrected chi connectivity index (χ0v) is 9.72. The van der Waals surface area contributed by atoms with Crippen molar-refractivity contribution < 1.29 is 14.8 Å². The molecule has 8 heteroatoms. The monoisotopic (exact) mass is 259 g/mol. The lowest BCUT2D eigenvalue weighted by Crippen LogP contribution is -2.22. The lowest BCUT2D eigenvalue weighted by Gasteiger charge is -2.16. The number of rotatable bonds is 5. The Kier molecular flexibility index (Phi) is 4.22. The third-order valence-electron chi connectivity index (χ3n) is 2.03. The van der Waals surface area contributed by atoms with E-state index in [1.54, 1.807) is 0 Å². The lowest BCUT2D eigenvalue weighted by molar-refractivity contribution is -0.384. The molecule has 0 amide bonds. The largest absolute Gasteiger partial charge is 0.481 e. The van der Waals surface area contributed by atoms with Crippen molar-refractivity contribution in [2.24, 2.45) is 0 Å². The number of aliphatic carboxylic acids is 1. The van der Waals surface area contributed by atoms with Gasteiger partial charge in [-0.1, -0.05) is 11.6 Å². The maximum absolute atomic E-state index is 10.8. The highest BCUT2D eigenvalue weighted by atomic mass is 35.5. The van der Waals surface area contributed by atoms with E-state index in [9.17, 15) is 14.9 Å². The second kappa shape index (κ2) is 5.44. The normalized spacial score (nSPS) is 10.0. The van der Waals surface area contributed by atoms with Crippen LogP contribution < -0.4 is 4.90 Å². The molecule has 17 heavy (non-hydrogen) atoms. The van der Waals surface area contributed by atoms with Gasteiger partial charge in [0.2, 0.25) is 5.82 Å². The Labute approximate surface area is 102 Å². The van der Waals surface area contributed by atoms with Crippen molar-refractivity contribution in [1.82, 2.24) is 4.98 Å². The summed E-state index contributed by atoms with van der Waals surface area (Å²) in [5, 5.41) is 19.5. The van der Waals surface area contributed by atoms with E-state index in [4.69, 9.17) is 16.7 Å². The highest BCUT2D eigenvalue weighted by molar-refractivity contribution is 6.30. The molecular formula is C9H10ClN3O4. The van der Waals surface area contributed by atoms with Gasteiger partial charge < -0.3 is 10.0 Å². The molecule has 1 heterocycles. The summed E-state index contributed by atoms with van der Waals surface area (Å²) >= 11 is 5.61. The number of hydrogen-bond donors (Lipinski definition) is 1. The van der Waals surface area contributed by atoms with Crippen LogP contribution in [-0.4, -0.2) is 34.6 Å². The molecule has 0 bridgehead atoms. The molecule has 0 saturated heterocycles. The summed E-state index contributed by atoms with van der Waals surface area (Å²) in [5.74, 6) is -0.880. The quantitative estimate of drug-likeness (QED) is 0.637. The van der Waals surface area contributed by atoms with Crippen LogP contribution in [0, 0.1) is 10.1 Å². The van der Waals surface area contributed by atoms with Crippen LogP contribution in [0.1, 0.15) is 6.42 Å². The first-order valence-corrected chi connectivity index (χ1v) is 5.02. The fourth-order valence-electron chi connectivity index (χ4n) is 1.22. The fourth-order valence-corrected chi connectivity index (χ4v) is 1.37. The first-order valence-electron chi connectivity index (χ1n) is 4.64. The first-order chi connectivity index (χ1) is 7.91. The van der Waals surface area contributed by atoms with E-state index in [0.29, 0.717) is 0 Å². The first kappa shape index (κ1) is 13.2. The second-order valence-corrected chi connectivity index (χ2v) is 3.76. The molecule has 0 aliphatic rings. The zero-order chi connectivity index (χ0) is 13.0. The van der Waals surface area contributed by atoms with Crippen molar-refractivity contribution in [3.05, 3.63) is 27.4 Å². The number of carbonyl (C=O) groups is 1. The van der Waals surface area contributed by atoms with Gasteiger partial charge in [-0.15, -0.1) is 0 Å². The summed E-state index contributed by atoms with van der Waals surface area (Å²) < 4.78 is 0. The Bertz CT molecular complexity index is 452. The molecule has 0 radical (unpaired) electrons. The van der Waals surface area contributed by atoms with Crippen LogP contribution in [0.3, 0.4) is 0 Å². The summed E-state index contributed by atoms with van der Waals surface area (Å²) in [6, 6.07) is 1.18. The Morgan fingerprint density at radius 3 is 2.88 bits per heavy atom. The van der Waals surface area contributed by atoms with E-state index >= 15 is 0 Å². The molecule has 1 aromatic heterocycles. The molecule has 0 unspecified atom stereocenters. The Morgan fingerprint density at radius 2 is 2.35 bits per heavy atom. The van der Waals surface area contributed by atoms with Crippen LogP contribution in [0.2, 0.25) is 5.02 Å².